The molecule has 0 saturated carbocycles. The monoisotopic (exact) mass is 310 g/mol. The number of nitrogens with zero attached hydrogens (tertiary/aromatic N) is 1. The molecule has 1 N–H and O–H groups in total. The van der Waals surface area contributed by atoms with Gasteiger partial charge in [0.2, 0.25) is 11.4 Å². The largest absolute Gasteiger partial charge is 0.504 e. The normalized spacial score (nSPS) is 10.7. The maximum absolute atomic E-state index is 9.89. The molecule has 0 radical (unpaired) electrons. The lowest BCUT2D eigenvalue weighted by atomic mass is 10.1. The number of ether oxygens (including phenoxy) is 2. The van der Waals surface area contributed by atoms with Crippen molar-refractivity contribution in [3.8, 4) is 17.2 Å². The third kappa shape index (κ3) is 3.21. The molecule has 0 bridgehead atoms. The predicted octanol–water partition coefficient (Wildman–Crippen LogP) is 3.14. The van der Waals surface area contributed by atoms with Gasteiger partial charge in [0, 0.05) is 18.4 Å². The van der Waals surface area contributed by atoms with Crippen LogP contribution in [0.1, 0.15) is 5.69 Å². The van der Waals surface area contributed by atoms with Gasteiger partial charge >= 0.3 is 0 Å². The number of hydrogen-bond donors (Lipinski definition) is 1. The van der Waals surface area contributed by atoms with Crippen LogP contribution in [0.25, 0.3) is 10.8 Å². The van der Waals surface area contributed by atoms with Crippen LogP contribution in [0.3, 0.4) is 0 Å². The first-order chi connectivity index (χ1) is 11.2. The van der Waals surface area contributed by atoms with Crippen LogP contribution in [-0.2, 0) is 7.05 Å². The number of rotatable bonds is 5. The summed E-state index contributed by atoms with van der Waals surface area (Å²) in [6.07, 6.45) is 1.80. The van der Waals surface area contributed by atoms with E-state index in [1.54, 1.807) is 12.3 Å². The van der Waals surface area contributed by atoms with Gasteiger partial charge in [0.15, 0.2) is 11.9 Å². The second-order valence-corrected chi connectivity index (χ2v) is 5.40. The van der Waals surface area contributed by atoms with E-state index in [4.69, 9.17) is 9.47 Å². The van der Waals surface area contributed by atoms with Crippen LogP contribution in [0.5, 0.6) is 17.2 Å². The molecule has 3 aromatic rings. The molecule has 2 aromatic carbocycles. The number of hydrogen-bond acceptors (Lipinski definition) is 3. The minimum Gasteiger partial charge on any atom is -0.504 e. The second kappa shape index (κ2) is 6.57. The van der Waals surface area contributed by atoms with E-state index in [1.807, 2.05) is 48.9 Å². The fourth-order valence-corrected chi connectivity index (χ4v) is 2.51. The van der Waals surface area contributed by atoms with Gasteiger partial charge in [-0.15, -0.1) is 0 Å². The standard InChI is InChI=1S/C19H19NO3/c1-14-19(17(21)10-11-20(14)2)23-13-12-22-18-9-5-7-15-6-3-4-8-16(15)18/h3-11H,12-13H2,1-2H3/p+1. The van der Waals surface area contributed by atoms with Crippen molar-refractivity contribution in [1.82, 2.24) is 0 Å². The van der Waals surface area contributed by atoms with Gasteiger partial charge in [0.25, 0.3) is 0 Å². The molecule has 4 heteroatoms. The van der Waals surface area contributed by atoms with Crippen LogP contribution < -0.4 is 14.0 Å². The zero-order chi connectivity index (χ0) is 16.2. The van der Waals surface area contributed by atoms with Crippen molar-refractivity contribution in [2.75, 3.05) is 13.2 Å². The lowest BCUT2D eigenvalue weighted by molar-refractivity contribution is -0.678. The van der Waals surface area contributed by atoms with Crippen molar-refractivity contribution < 1.29 is 19.1 Å². The van der Waals surface area contributed by atoms with E-state index in [-0.39, 0.29) is 5.75 Å². The van der Waals surface area contributed by atoms with Crippen LogP contribution >= 0.6 is 0 Å². The van der Waals surface area contributed by atoms with E-state index >= 15 is 0 Å². The smallest absolute Gasteiger partial charge is 0.228 e. The number of fused-ring (bicyclic) bond motifs is 1. The molecule has 0 aliphatic heterocycles. The van der Waals surface area contributed by atoms with E-state index in [0.29, 0.717) is 19.0 Å². The van der Waals surface area contributed by atoms with Crippen molar-refractivity contribution in [2.24, 2.45) is 7.05 Å². The van der Waals surface area contributed by atoms with Gasteiger partial charge in [-0.05, 0) is 11.5 Å². The Morgan fingerprint density at radius 2 is 1.70 bits per heavy atom. The van der Waals surface area contributed by atoms with Crippen LogP contribution in [0.2, 0.25) is 0 Å². The Kier molecular flexibility index (Phi) is 4.33. The first kappa shape index (κ1) is 15.2. The van der Waals surface area contributed by atoms with Crippen molar-refractivity contribution in [3.63, 3.8) is 0 Å². The molecule has 0 aliphatic rings. The summed E-state index contributed by atoms with van der Waals surface area (Å²) in [6.45, 7) is 2.67. The fraction of sp³-hybridized carbons (Fsp3) is 0.211. The van der Waals surface area contributed by atoms with Crippen LogP contribution in [0.4, 0.5) is 0 Å². The molecule has 1 aromatic heterocycles. The zero-order valence-electron chi connectivity index (χ0n) is 13.3. The zero-order valence-corrected chi connectivity index (χ0v) is 13.3. The highest BCUT2D eigenvalue weighted by Gasteiger charge is 2.14. The van der Waals surface area contributed by atoms with Gasteiger partial charge in [-0.2, -0.15) is 0 Å². The molecule has 0 unspecified atom stereocenters. The topological polar surface area (TPSA) is 42.6 Å². The SMILES string of the molecule is Cc1c(OCCOc2cccc3ccccc23)c(O)cc[n+]1C. The maximum Gasteiger partial charge on any atom is 0.228 e. The molecule has 118 valence electrons. The molecular formula is C19H20NO3+. The Morgan fingerprint density at radius 3 is 2.57 bits per heavy atom. The molecule has 0 atom stereocenters. The highest BCUT2D eigenvalue weighted by atomic mass is 16.5. The summed E-state index contributed by atoms with van der Waals surface area (Å²) < 4.78 is 13.4. The van der Waals surface area contributed by atoms with Crippen LogP contribution in [-0.4, -0.2) is 18.3 Å². The summed E-state index contributed by atoms with van der Waals surface area (Å²) in [6, 6.07) is 15.7. The third-order valence-electron chi connectivity index (χ3n) is 3.88. The van der Waals surface area contributed by atoms with Crippen LogP contribution in [0.15, 0.2) is 54.7 Å². The van der Waals surface area contributed by atoms with Gasteiger partial charge < -0.3 is 14.6 Å². The van der Waals surface area contributed by atoms with E-state index in [0.717, 1.165) is 22.2 Å². The first-order valence-corrected chi connectivity index (χ1v) is 7.58. The summed E-state index contributed by atoms with van der Waals surface area (Å²) in [5.41, 5.74) is 0.871. The van der Waals surface area contributed by atoms with E-state index in [1.165, 1.54) is 0 Å². The summed E-state index contributed by atoms with van der Waals surface area (Å²) in [5.74, 6) is 1.48. The predicted molar refractivity (Wildman–Crippen MR) is 89.0 cm³/mol. The Morgan fingerprint density at radius 1 is 0.957 bits per heavy atom. The average Bonchev–Trinajstić information content (AvgIpc) is 2.58. The van der Waals surface area contributed by atoms with Crippen molar-refractivity contribution >= 4 is 10.8 Å². The molecule has 0 amide bonds. The Bertz CT molecular complexity index is 825. The molecule has 0 aliphatic carbocycles. The van der Waals surface area contributed by atoms with E-state index in [2.05, 4.69) is 12.1 Å². The Hall–Kier alpha value is -2.75. The van der Waals surface area contributed by atoms with Gasteiger partial charge in [0.05, 0.1) is 0 Å². The molecule has 0 fully saturated rings. The summed E-state index contributed by atoms with van der Waals surface area (Å²) in [4.78, 5) is 0. The molecule has 1 heterocycles. The van der Waals surface area contributed by atoms with Crippen LogP contribution in [0, 0.1) is 6.92 Å². The van der Waals surface area contributed by atoms with E-state index < -0.39 is 0 Å². The molecule has 0 saturated heterocycles. The Labute approximate surface area is 135 Å². The average molecular weight is 310 g/mol. The lowest BCUT2D eigenvalue weighted by Crippen LogP contribution is -2.31. The lowest BCUT2D eigenvalue weighted by Gasteiger charge is -2.11. The number of aryl methyl sites for hydroxylation is 1. The molecule has 0 spiro atoms. The number of pyridine rings is 1. The maximum atomic E-state index is 9.89. The highest BCUT2D eigenvalue weighted by Crippen LogP contribution is 2.27. The number of benzene rings is 2. The summed E-state index contributed by atoms with van der Waals surface area (Å²) in [7, 11) is 1.91. The molecule has 4 nitrogen and oxygen atoms in total. The van der Waals surface area contributed by atoms with Crippen molar-refractivity contribution in [3.05, 3.63) is 60.4 Å². The third-order valence-corrected chi connectivity index (χ3v) is 3.88. The molecular weight excluding hydrogens is 290 g/mol. The van der Waals surface area contributed by atoms with Crippen molar-refractivity contribution in [2.45, 2.75) is 6.92 Å². The second-order valence-electron chi connectivity index (χ2n) is 5.40. The minimum atomic E-state index is 0.144. The quantitative estimate of drug-likeness (QED) is 0.581. The number of aromatic hydroxyl groups is 1. The summed E-state index contributed by atoms with van der Waals surface area (Å²) in [5, 5.41) is 12.1. The van der Waals surface area contributed by atoms with Gasteiger partial charge in [-0.1, -0.05) is 36.4 Å². The number of aromatic nitrogens is 1. The van der Waals surface area contributed by atoms with Crippen molar-refractivity contribution in [1.29, 1.82) is 0 Å². The molecule has 3 rings (SSSR count). The fourth-order valence-electron chi connectivity index (χ4n) is 2.51. The van der Waals surface area contributed by atoms with Gasteiger partial charge in [0.1, 0.15) is 26.0 Å². The van der Waals surface area contributed by atoms with Gasteiger partial charge in [-0.25, -0.2) is 4.57 Å². The Balaban J connectivity index is 1.65. The molecule has 23 heavy (non-hydrogen) atoms. The highest BCUT2D eigenvalue weighted by molar-refractivity contribution is 5.88. The van der Waals surface area contributed by atoms with Gasteiger partial charge in [-0.3, -0.25) is 0 Å². The first-order valence-electron chi connectivity index (χ1n) is 7.58. The minimum absolute atomic E-state index is 0.144. The summed E-state index contributed by atoms with van der Waals surface area (Å²) >= 11 is 0. The van der Waals surface area contributed by atoms with E-state index in [9.17, 15) is 5.11 Å².